The molecule has 0 unspecified atom stereocenters. The van der Waals surface area contributed by atoms with Crippen molar-refractivity contribution in [1.29, 1.82) is 0 Å². The molecule has 30 heavy (non-hydrogen) atoms. The van der Waals surface area contributed by atoms with Gasteiger partial charge in [-0.05, 0) is 0 Å². The van der Waals surface area contributed by atoms with Gasteiger partial charge < -0.3 is 104 Å². The van der Waals surface area contributed by atoms with Crippen molar-refractivity contribution in [3.8, 4) is 0 Å². The Hall–Kier alpha value is -1.29. The first-order valence-electron chi connectivity index (χ1n) is 5.24. The van der Waals surface area contributed by atoms with Crippen LogP contribution in [-0.4, -0.2) is 43.5 Å². The molecule has 0 bridgehead atoms. The van der Waals surface area contributed by atoms with Gasteiger partial charge in [-0.15, -0.1) is 0 Å². The molecule has 0 radical (unpaired) electrons. The lowest BCUT2D eigenvalue weighted by atomic mass is 10.3. The Kier molecular flexibility index (Phi) is 23.4. The normalized spacial score (nSPS) is 12.0. The van der Waals surface area contributed by atoms with Crippen LogP contribution < -0.4 is 0 Å². The third-order valence-electron chi connectivity index (χ3n) is 0. The SMILES string of the molecule is F[B-](F)(F)F.F[B-](F)(F)F.F[B-](F)(F)F.F[B-](F)(F)F.F[B-](F)(F)F.F[B-](F)(F)F. The summed E-state index contributed by atoms with van der Waals surface area (Å²) in [4.78, 5) is 0. The Morgan fingerprint density at radius 3 is 0.133 bits per heavy atom. The van der Waals surface area contributed by atoms with E-state index in [2.05, 4.69) is 0 Å². The van der Waals surface area contributed by atoms with Gasteiger partial charge in [0.2, 0.25) is 0 Å². The van der Waals surface area contributed by atoms with E-state index in [9.17, 15) is 104 Å². The molecule has 0 aliphatic carbocycles. The number of hydrogen-bond acceptors (Lipinski definition) is 0. The molecule has 0 rings (SSSR count). The topological polar surface area (TPSA) is 0 Å². The average molecular weight is 521 g/mol. The molecule has 0 aliphatic heterocycles. The third-order valence-corrected chi connectivity index (χ3v) is 0. The predicted molar refractivity (Wildman–Crippen MR) is 61.1 cm³/mol. The minimum atomic E-state index is -6.00. The van der Waals surface area contributed by atoms with Crippen LogP contribution in [0.5, 0.6) is 0 Å². The maximum atomic E-state index is 9.75. The summed E-state index contributed by atoms with van der Waals surface area (Å²) in [7, 11) is -36.0. The van der Waals surface area contributed by atoms with E-state index in [0.717, 1.165) is 0 Å². The van der Waals surface area contributed by atoms with Gasteiger partial charge >= 0.3 is 43.5 Å². The highest BCUT2D eigenvalue weighted by Gasteiger charge is 2.22. The van der Waals surface area contributed by atoms with Gasteiger partial charge in [0, 0.05) is 0 Å². The van der Waals surface area contributed by atoms with Gasteiger partial charge in [0.15, 0.2) is 0 Å². The van der Waals surface area contributed by atoms with Crippen molar-refractivity contribution in [2.24, 2.45) is 0 Å². The summed E-state index contributed by atoms with van der Waals surface area (Å²) in [6, 6.07) is 0. The van der Waals surface area contributed by atoms with Crippen molar-refractivity contribution in [2.75, 3.05) is 0 Å². The molecule has 0 aromatic heterocycles. The fraction of sp³-hybridized carbons (Fsp3) is 0. The van der Waals surface area contributed by atoms with E-state index in [4.69, 9.17) is 0 Å². The predicted octanol–water partition coefficient (Wildman–Crippen LogP) is 7.80. The van der Waals surface area contributed by atoms with Crippen LogP contribution >= 0.6 is 0 Å². The first-order chi connectivity index (χ1) is 12.0. The van der Waals surface area contributed by atoms with Crippen molar-refractivity contribution in [1.82, 2.24) is 0 Å². The van der Waals surface area contributed by atoms with E-state index in [0.29, 0.717) is 0 Å². The Morgan fingerprint density at radius 2 is 0.133 bits per heavy atom. The maximum Gasteiger partial charge on any atom is 0.673 e. The summed E-state index contributed by atoms with van der Waals surface area (Å²) in [6.45, 7) is 0. The van der Waals surface area contributed by atoms with Crippen LogP contribution in [0.25, 0.3) is 0 Å². The lowest BCUT2D eigenvalue weighted by molar-refractivity contribution is 0.366. The average Bonchev–Trinajstić information content (AvgIpc) is 1.94. The van der Waals surface area contributed by atoms with Crippen LogP contribution in [-0.2, 0) is 0 Å². The largest absolute Gasteiger partial charge is 0.673 e. The molecular formula is B6F24-6. The summed E-state index contributed by atoms with van der Waals surface area (Å²) in [5.74, 6) is 0. The lowest BCUT2D eigenvalue weighted by Gasteiger charge is -1.94. The second kappa shape index (κ2) is 16.4. The molecule has 0 aromatic rings. The first kappa shape index (κ1) is 42.7. The van der Waals surface area contributed by atoms with Gasteiger partial charge in [-0.3, -0.25) is 0 Å². The molecular weight excluding hydrogens is 521 g/mol. The zero-order chi connectivity index (χ0) is 27.0. The van der Waals surface area contributed by atoms with Crippen molar-refractivity contribution in [3.05, 3.63) is 0 Å². The van der Waals surface area contributed by atoms with Crippen molar-refractivity contribution >= 4 is 43.5 Å². The van der Waals surface area contributed by atoms with Crippen LogP contribution in [0.4, 0.5) is 104 Å². The van der Waals surface area contributed by atoms with Crippen LogP contribution in [0.1, 0.15) is 0 Å². The molecule has 0 fully saturated rings. The molecule has 192 valence electrons. The molecule has 0 nitrogen and oxygen atoms in total. The summed E-state index contributed by atoms with van der Waals surface area (Å²) in [5, 5.41) is 0. The molecule has 0 saturated heterocycles. The Balaban J connectivity index is -0.0000000576. The molecule has 0 aromatic carbocycles. The van der Waals surface area contributed by atoms with Crippen molar-refractivity contribution in [2.45, 2.75) is 0 Å². The van der Waals surface area contributed by atoms with Gasteiger partial charge in [-0.2, -0.15) is 0 Å². The number of hydrogen-bond donors (Lipinski definition) is 0. The standard InChI is InChI=1S/6BF4/c6*2-1(3,4)5/q6*-1. The minimum Gasteiger partial charge on any atom is -0.418 e. The summed E-state index contributed by atoms with van der Waals surface area (Å²) < 4.78 is 234. The third kappa shape index (κ3) is 10600. The van der Waals surface area contributed by atoms with Gasteiger partial charge in [0.05, 0.1) is 0 Å². The van der Waals surface area contributed by atoms with E-state index >= 15 is 0 Å². The molecule has 0 aliphatic rings. The fourth-order valence-corrected chi connectivity index (χ4v) is 0. The Morgan fingerprint density at radius 1 is 0.133 bits per heavy atom. The molecule has 0 spiro atoms. The van der Waals surface area contributed by atoms with Gasteiger partial charge in [-0.1, -0.05) is 0 Å². The van der Waals surface area contributed by atoms with Crippen LogP contribution in [0.2, 0.25) is 0 Å². The summed E-state index contributed by atoms with van der Waals surface area (Å²) >= 11 is 0. The van der Waals surface area contributed by atoms with E-state index in [1.165, 1.54) is 0 Å². The number of halogens is 24. The highest BCUT2D eigenvalue weighted by atomic mass is 19.5. The van der Waals surface area contributed by atoms with Crippen molar-refractivity contribution < 1.29 is 104 Å². The molecule has 0 heterocycles. The zero-order valence-corrected chi connectivity index (χ0v) is 12.5. The quantitative estimate of drug-likeness (QED) is 0.226. The van der Waals surface area contributed by atoms with E-state index in [-0.39, 0.29) is 0 Å². The van der Waals surface area contributed by atoms with Gasteiger partial charge in [-0.25, -0.2) is 0 Å². The number of rotatable bonds is 0. The molecule has 0 saturated carbocycles. The highest BCUT2D eigenvalue weighted by Crippen LogP contribution is 2.08. The van der Waals surface area contributed by atoms with E-state index in [1.54, 1.807) is 0 Å². The molecule has 30 heteroatoms. The fourth-order valence-electron chi connectivity index (χ4n) is 0. The summed E-state index contributed by atoms with van der Waals surface area (Å²) in [6.07, 6.45) is 0. The second-order valence-corrected chi connectivity index (χ2v) is 2.97. The second-order valence-electron chi connectivity index (χ2n) is 2.97. The Labute approximate surface area is 149 Å². The van der Waals surface area contributed by atoms with E-state index < -0.39 is 43.5 Å². The molecule has 0 amide bonds. The smallest absolute Gasteiger partial charge is 0.418 e. The maximum absolute atomic E-state index is 9.75. The lowest BCUT2D eigenvalue weighted by Crippen LogP contribution is -2.02. The van der Waals surface area contributed by atoms with Crippen LogP contribution in [0.3, 0.4) is 0 Å². The first-order valence-corrected chi connectivity index (χ1v) is 5.24. The van der Waals surface area contributed by atoms with Gasteiger partial charge in [0.25, 0.3) is 0 Å². The van der Waals surface area contributed by atoms with Crippen LogP contribution in [0.15, 0.2) is 0 Å². The highest BCUT2D eigenvalue weighted by molar-refractivity contribution is 6.51. The Bertz CT molecular complexity index is 208. The van der Waals surface area contributed by atoms with Crippen molar-refractivity contribution in [3.63, 3.8) is 0 Å². The van der Waals surface area contributed by atoms with Gasteiger partial charge in [0.1, 0.15) is 0 Å². The van der Waals surface area contributed by atoms with Crippen LogP contribution in [0, 0.1) is 0 Å². The molecule has 0 N–H and O–H groups in total. The summed E-state index contributed by atoms with van der Waals surface area (Å²) in [5.41, 5.74) is 0. The zero-order valence-electron chi connectivity index (χ0n) is 12.5. The monoisotopic (exact) mass is 522 g/mol. The molecule has 0 atom stereocenters. The van der Waals surface area contributed by atoms with E-state index in [1.807, 2.05) is 0 Å². The minimum absolute atomic E-state index is 6.00.